The van der Waals surface area contributed by atoms with Crippen LogP contribution in [0.25, 0.3) is 0 Å². The van der Waals surface area contributed by atoms with Gasteiger partial charge in [0.25, 0.3) is 0 Å². The zero-order valence-electron chi connectivity index (χ0n) is 8.81. The fourth-order valence-corrected chi connectivity index (χ4v) is 1.66. The van der Waals surface area contributed by atoms with Gasteiger partial charge in [-0.3, -0.25) is 0 Å². The average molecular weight is 205 g/mol. The summed E-state index contributed by atoms with van der Waals surface area (Å²) in [6, 6.07) is 1.98. The molecule has 1 aromatic rings. The molecular formula is C11H15N3O. The molecule has 0 radical (unpaired) electrons. The highest BCUT2D eigenvalue weighted by Crippen LogP contribution is 2.24. The monoisotopic (exact) mass is 205 g/mol. The Balaban J connectivity index is 2.19. The summed E-state index contributed by atoms with van der Waals surface area (Å²) in [4.78, 5) is 8.16. The fraction of sp³-hybridized carbons (Fsp3) is 0.455. The molecule has 0 bridgehead atoms. The van der Waals surface area contributed by atoms with Gasteiger partial charge in [-0.25, -0.2) is 9.97 Å². The minimum atomic E-state index is 0.0699. The molecule has 0 spiro atoms. The van der Waals surface area contributed by atoms with E-state index in [0.717, 1.165) is 31.0 Å². The van der Waals surface area contributed by atoms with Gasteiger partial charge in [0.1, 0.15) is 18.1 Å². The van der Waals surface area contributed by atoms with Crippen LogP contribution in [0.5, 0.6) is 0 Å². The first-order valence-corrected chi connectivity index (χ1v) is 5.24. The van der Waals surface area contributed by atoms with Gasteiger partial charge in [0.15, 0.2) is 0 Å². The first-order chi connectivity index (χ1) is 7.42. The van der Waals surface area contributed by atoms with Gasteiger partial charge in [-0.2, -0.15) is 0 Å². The van der Waals surface area contributed by atoms with Gasteiger partial charge in [-0.15, -0.1) is 0 Å². The summed E-state index contributed by atoms with van der Waals surface area (Å²) in [7, 11) is 0. The van der Waals surface area contributed by atoms with Crippen LogP contribution in [0.2, 0.25) is 0 Å². The molecule has 1 aliphatic rings. The topological polar surface area (TPSA) is 47.0 Å². The van der Waals surface area contributed by atoms with Crippen molar-refractivity contribution >= 4 is 0 Å². The predicted octanol–water partition coefficient (Wildman–Crippen LogP) is 1.43. The van der Waals surface area contributed by atoms with Gasteiger partial charge in [-0.1, -0.05) is 6.92 Å². The number of nitrogens with zero attached hydrogens (tertiary/aromatic N) is 2. The SMILES string of the molecule is CCNC(C1=CCCO1)c1ccncn1. The van der Waals surface area contributed by atoms with Crippen molar-refractivity contribution in [2.45, 2.75) is 19.4 Å². The molecule has 1 atom stereocenters. The maximum atomic E-state index is 5.56. The van der Waals surface area contributed by atoms with Crippen LogP contribution in [-0.2, 0) is 4.74 Å². The minimum absolute atomic E-state index is 0.0699. The number of rotatable bonds is 4. The largest absolute Gasteiger partial charge is 0.496 e. The van der Waals surface area contributed by atoms with Crippen molar-refractivity contribution in [2.24, 2.45) is 0 Å². The highest BCUT2D eigenvalue weighted by atomic mass is 16.5. The number of ether oxygens (including phenoxy) is 1. The maximum absolute atomic E-state index is 5.56. The Hall–Kier alpha value is -1.42. The molecule has 2 heterocycles. The van der Waals surface area contributed by atoms with Crippen LogP contribution in [0.15, 0.2) is 30.4 Å². The van der Waals surface area contributed by atoms with Gasteiger partial charge in [-0.05, 0) is 18.7 Å². The summed E-state index contributed by atoms with van der Waals surface area (Å²) in [5, 5.41) is 3.36. The zero-order chi connectivity index (χ0) is 10.5. The summed E-state index contributed by atoms with van der Waals surface area (Å²) in [5.41, 5.74) is 0.958. The standard InChI is InChI=1S/C11H15N3O/c1-2-13-11(10-4-3-7-15-10)9-5-6-12-8-14-9/h4-6,8,11,13H,2-3,7H2,1H3. The van der Waals surface area contributed by atoms with E-state index in [0.29, 0.717) is 0 Å². The third-order valence-corrected chi connectivity index (χ3v) is 2.33. The molecule has 15 heavy (non-hydrogen) atoms. The third kappa shape index (κ3) is 2.33. The van der Waals surface area contributed by atoms with Crippen LogP contribution >= 0.6 is 0 Å². The van der Waals surface area contributed by atoms with Crippen molar-refractivity contribution in [3.8, 4) is 0 Å². The van der Waals surface area contributed by atoms with Crippen molar-refractivity contribution in [1.29, 1.82) is 0 Å². The molecule has 1 unspecified atom stereocenters. The highest BCUT2D eigenvalue weighted by molar-refractivity contribution is 5.18. The summed E-state index contributed by atoms with van der Waals surface area (Å²) in [6.45, 7) is 3.74. The molecule has 0 amide bonds. The van der Waals surface area contributed by atoms with E-state index in [1.54, 1.807) is 12.5 Å². The second-order valence-electron chi connectivity index (χ2n) is 3.37. The molecule has 1 aromatic heterocycles. The average Bonchev–Trinajstić information content (AvgIpc) is 2.80. The lowest BCUT2D eigenvalue weighted by molar-refractivity contribution is 0.215. The van der Waals surface area contributed by atoms with E-state index in [1.807, 2.05) is 6.07 Å². The molecule has 4 heteroatoms. The van der Waals surface area contributed by atoms with Crippen LogP contribution in [-0.4, -0.2) is 23.1 Å². The number of nitrogens with one attached hydrogen (secondary N) is 1. The van der Waals surface area contributed by atoms with Crippen LogP contribution in [0.1, 0.15) is 25.1 Å². The van der Waals surface area contributed by atoms with E-state index in [-0.39, 0.29) is 6.04 Å². The molecule has 4 nitrogen and oxygen atoms in total. The second kappa shape index (κ2) is 4.89. The van der Waals surface area contributed by atoms with Crippen molar-refractivity contribution in [1.82, 2.24) is 15.3 Å². The minimum Gasteiger partial charge on any atom is -0.496 e. The highest BCUT2D eigenvalue weighted by Gasteiger charge is 2.20. The molecule has 0 saturated heterocycles. The molecule has 80 valence electrons. The number of likely N-dealkylation sites (N-methyl/N-ethyl adjacent to an activating group) is 1. The summed E-state index contributed by atoms with van der Waals surface area (Å²) in [6.07, 6.45) is 6.43. The Morgan fingerprint density at radius 3 is 3.13 bits per heavy atom. The Bertz CT molecular complexity index is 337. The van der Waals surface area contributed by atoms with Crippen molar-refractivity contribution < 1.29 is 4.74 Å². The second-order valence-corrected chi connectivity index (χ2v) is 3.37. The van der Waals surface area contributed by atoms with E-state index in [2.05, 4.69) is 28.3 Å². The maximum Gasteiger partial charge on any atom is 0.115 e. The van der Waals surface area contributed by atoms with Crippen LogP contribution in [0, 0.1) is 0 Å². The molecular weight excluding hydrogens is 190 g/mol. The third-order valence-electron chi connectivity index (χ3n) is 2.33. The Morgan fingerprint density at radius 2 is 2.53 bits per heavy atom. The number of hydrogen-bond acceptors (Lipinski definition) is 4. The van der Waals surface area contributed by atoms with Gasteiger partial charge in [0.05, 0.1) is 12.3 Å². The van der Waals surface area contributed by atoms with Crippen molar-refractivity contribution in [3.05, 3.63) is 36.1 Å². The van der Waals surface area contributed by atoms with E-state index in [4.69, 9.17) is 4.74 Å². The number of hydrogen-bond donors (Lipinski definition) is 1. The normalized spacial score (nSPS) is 17.0. The van der Waals surface area contributed by atoms with Crippen LogP contribution in [0.3, 0.4) is 0 Å². The lowest BCUT2D eigenvalue weighted by Crippen LogP contribution is -2.24. The first kappa shape index (κ1) is 10.1. The van der Waals surface area contributed by atoms with E-state index in [1.165, 1.54) is 0 Å². The lowest BCUT2D eigenvalue weighted by Gasteiger charge is -2.17. The lowest BCUT2D eigenvalue weighted by atomic mass is 10.1. The van der Waals surface area contributed by atoms with Crippen LogP contribution in [0.4, 0.5) is 0 Å². The van der Waals surface area contributed by atoms with Crippen LogP contribution < -0.4 is 5.32 Å². The molecule has 0 aromatic carbocycles. The number of aromatic nitrogens is 2. The van der Waals surface area contributed by atoms with Crippen molar-refractivity contribution in [2.75, 3.05) is 13.2 Å². The summed E-state index contributed by atoms with van der Waals surface area (Å²) >= 11 is 0. The summed E-state index contributed by atoms with van der Waals surface area (Å²) in [5.74, 6) is 0.982. The molecule has 0 aliphatic carbocycles. The molecule has 2 rings (SSSR count). The van der Waals surface area contributed by atoms with E-state index in [9.17, 15) is 0 Å². The van der Waals surface area contributed by atoms with Gasteiger partial charge in [0, 0.05) is 12.6 Å². The molecule has 0 fully saturated rings. The van der Waals surface area contributed by atoms with E-state index >= 15 is 0 Å². The zero-order valence-corrected chi connectivity index (χ0v) is 8.81. The molecule has 1 aliphatic heterocycles. The fourth-order valence-electron chi connectivity index (χ4n) is 1.66. The first-order valence-electron chi connectivity index (χ1n) is 5.24. The van der Waals surface area contributed by atoms with Gasteiger partial charge in [0.2, 0.25) is 0 Å². The predicted molar refractivity (Wildman–Crippen MR) is 57.1 cm³/mol. The van der Waals surface area contributed by atoms with Crippen molar-refractivity contribution in [3.63, 3.8) is 0 Å². The quantitative estimate of drug-likeness (QED) is 0.807. The van der Waals surface area contributed by atoms with Gasteiger partial charge < -0.3 is 10.1 Å². The molecule has 1 N–H and O–H groups in total. The molecule has 0 saturated carbocycles. The Labute approximate surface area is 89.4 Å². The summed E-state index contributed by atoms with van der Waals surface area (Å²) < 4.78 is 5.56. The smallest absolute Gasteiger partial charge is 0.115 e. The van der Waals surface area contributed by atoms with Gasteiger partial charge >= 0.3 is 0 Å². The Kier molecular flexibility index (Phi) is 3.29. The van der Waals surface area contributed by atoms with E-state index < -0.39 is 0 Å². The Morgan fingerprint density at radius 1 is 1.60 bits per heavy atom.